The van der Waals surface area contributed by atoms with Gasteiger partial charge >= 0.3 is 5.97 Å². The summed E-state index contributed by atoms with van der Waals surface area (Å²) in [6.45, 7) is 1.39. The summed E-state index contributed by atoms with van der Waals surface area (Å²) in [6.07, 6.45) is 1.53. The van der Waals surface area contributed by atoms with Gasteiger partial charge in [-0.2, -0.15) is 0 Å². The molecule has 2 aromatic rings. The normalized spacial score (nSPS) is 11.7. The molecule has 0 saturated carbocycles. The zero-order chi connectivity index (χ0) is 16.1. The Bertz CT molecular complexity index is 670. The van der Waals surface area contributed by atoms with Gasteiger partial charge in [0.25, 0.3) is 5.91 Å². The quantitative estimate of drug-likeness (QED) is 0.446. The molecule has 0 fully saturated rings. The van der Waals surface area contributed by atoms with Crippen molar-refractivity contribution in [2.24, 2.45) is 0 Å². The lowest BCUT2D eigenvalue weighted by molar-refractivity contribution is -0.125. The maximum atomic E-state index is 11.9. The minimum absolute atomic E-state index is 0.249. The fourth-order valence-electron chi connectivity index (χ4n) is 1.81. The van der Waals surface area contributed by atoms with Crippen LogP contribution in [0.3, 0.4) is 0 Å². The second kappa shape index (κ2) is 7.30. The van der Waals surface area contributed by atoms with Crippen molar-refractivity contribution in [2.45, 2.75) is 13.0 Å². The van der Waals surface area contributed by atoms with Gasteiger partial charge in [0, 0.05) is 9.26 Å². The van der Waals surface area contributed by atoms with Crippen molar-refractivity contribution in [3.63, 3.8) is 0 Å². The van der Waals surface area contributed by atoms with E-state index in [2.05, 4.69) is 27.9 Å². The van der Waals surface area contributed by atoms with Gasteiger partial charge in [-0.3, -0.25) is 4.79 Å². The minimum atomic E-state index is -0.628. The summed E-state index contributed by atoms with van der Waals surface area (Å²) in [5, 5.41) is 2.67. The molecule has 7 heteroatoms. The summed E-state index contributed by atoms with van der Waals surface area (Å²) >= 11 is 2.07. The number of carbonyl (C=O) groups is 2. The average molecular weight is 414 g/mol. The van der Waals surface area contributed by atoms with Crippen LogP contribution in [0.4, 0.5) is 5.69 Å². The summed E-state index contributed by atoms with van der Waals surface area (Å²) < 4.78 is 11.0. The summed E-state index contributed by atoms with van der Waals surface area (Å²) in [5.41, 5.74) is 6.29. The predicted octanol–water partition coefficient (Wildman–Crippen LogP) is 2.50. The molecule has 1 heterocycles. The maximum Gasteiger partial charge on any atom is 0.340 e. The third kappa shape index (κ3) is 4.23. The Hall–Kier alpha value is -2.03. The van der Waals surface area contributed by atoms with Crippen molar-refractivity contribution in [2.75, 3.05) is 12.3 Å². The number of amides is 1. The molecule has 1 aromatic heterocycles. The molecule has 1 amide bonds. The Morgan fingerprint density at radius 1 is 1.41 bits per heavy atom. The number of anilines is 1. The zero-order valence-corrected chi connectivity index (χ0v) is 14.0. The number of halogens is 1. The number of nitrogen functional groups attached to an aromatic ring is 1. The molecule has 0 radical (unpaired) electrons. The van der Waals surface area contributed by atoms with Gasteiger partial charge in [-0.25, -0.2) is 4.79 Å². The Morgan fingerprint density at radius 3 is 2.86 bits per heavy atom. The lowest BCUT2D eigenvalue weighted by Crippen LogP contribution is -2.31. The molecule has 6 nitrogen and oxygen atoms in total. The number of furan rings is 1. The van der Waals surface area contributed by atoms with Crippen molar-refractivity contribution in [3.8, 4) is 0 Å². The van der Waals surface area contributed by atoms with Crippen LogP contribution in [-0.4, -0.2) is 18.5 Å². The topological polar surface area (TPSA) is 94.6 Å². The van der Waals surface area contributed by atoms with Crippen molar-refractivity contribution < 1.29 is 18.7 Å². The van der Waals surface area contributed by atoms with Crippen LogP contribution in [0.5, 0.6) is 0 Å². The number of benzene rings is 1. The molecule has 116 valence electrons. The number of esters is 1. The molecule has 2 rings (SSSR count). The van der Waals surface area contributed by atoms with E-state index in [1.54, 1.807) is 37.3 Å². The van der Waals surface area contributed by atoms with Gasteiger partial charge in [-0.05, 0) is 59.8 Å². The van der Waals surface area contributed by atoms with Gasteiger partial charge in [0.1, 0.15) is 5.76 Å². The second-order valence-electron chi connectivity index (χ2n) is 4.61. The van der Waals surface area contributed by atoms with Crippen LogP contribution < -0.4 is 11.1 Å². The van der Waals surface area contributed by atoms with E-state index in [-0.39, 0.29) is 18.2 Å². The molecule has 1 aromatic carbocycles. The standard InChI is InChI=1S/C15H15IN2O4/c1-9(13-3-2-6-21-13)18-14(19)8-22-15(20)11-7-10(16)4-5-12(11)17/h2-7,9H,8,17H2,1H3,(H,18,19)/t9-/m1/s1. The van der Waals surface area contributed by atoms with E-state index >= 15 is 0 Å². The van der Waals surface area contributed by atoms with Crippen LogP contribution in [0.25, 0.3) is 0 Å². The zero-order valence-electron chi connectivity index (χ0n) is 11.8. The lowest BCUT2D eigenvalue weighted by Gasteiger charge is -2.12. The highest BCUT2D eigenvalue weighted by atomic mass is 127. The summed E-state index contributed by atoms with van der Waals surface area (Å²) in [6, 6.07) is 8.20. The number of carbonyl (C=O) groups excluding carboxylic acids is 2. The van der Waals surface area contributed by atoms with Crippen molar-refractivity contribution in [1.29, 1.82) is 0 Å². The van der Waals surface area contributed by atoms with E-state index in [0.717, 1.165) is 3.57 Å². The monoisotopic (exact) mass is 414 g/mol. The number of ether oxygens (including phenoxy) is 1. The molecule has 0 aliphatic heterocycles. The van der Waals surface area contributed by atoms with Crippen molar-refractivity contribution in [3.05, 3.63) is 51.5 Å². The molecule has 1 atom stereocenters. The molecule has 0 unspecified atom stereocenters. The lowest BCUT2D eigenvalue weighted by atomic mass is 10.2. The van der Waals surface area contributed by atoms with E-state index in [4.69, 9.17) is 14.9 Å². The Kier molecular flexibility index (Phi) is 5.42. The number of hydrogen-bond donors (Lipinski definition) is 2. The molecular formula is C15H15IN2O4. The highest BCUT2D eigenvalue weighted by molar-refractivity contribution is 14.1. The molecule has 0 aliphatic carbocycles. The number of nitrogens with one attached hydrogen (secondary N) is 1. The summed E-state index contributed by atoms with van der Waals surface area (Å²) in [5.74, 6) is -0.417. The molecule has 0 spiro atoms. The first kappa shape index (κ1) is 16.3. The smallest absolute Gasteiger partial charge is 0.340 e. The van der Waals surface area contributed by atoms with Gasteiger partial charge in [0.15, 0.2) is 6.61 Å². The highest BCUT2D eigenvalue weighted by Gasteiger charge is 2.16. The van der Waals surface area contributed by atoms with E-state index in [9.17, 15) is 9.59 Å². The second-order valence-corrected chi connectivity index (χ2v) is 5.86. The Labute approximate surface area is 141 Å². The number of rotatable bonds is 5. The van der Waals surface area contributed by atoms with Gasteiger partial charge in [0.2, 0.25) is 0 Å². The minimum Gasteiger partial charge on any atom is -0.467 e. The van der Waals surface area contributed by atoms with Gasteiger partial charge in [-0.15, -0.1) is 0 Å². The van der Waals surface area contributed by atoms with Gasteiger partial charge < -0.3 is 20.2 Å². The van der Waals surface area contributed by atoms with Crippen LogP contribution in [0.1, 0.15) is 29.1 Å². The first-order chi connectivity index (χ1) is 10.5. The molecule has 0 saturated heterocycles. The molecule has 0 bridgehead atoms. The first-order valence-electron chi connectivity index (χ1n) is 6.52. The first-order valence-corrected chi connectivity index (χ1v) is 7.60. The molecule has 22 heavy (non-hydrogen) atoms. The number of nitrogens with two attached hydrogens (primary N) is 1. The van der Waals surface area contributed by atoms with Crippen molar-refractivity contribution in [1.82, 2.24) is 5.32 Å². The molecular weight excluding hydrogens is 399 g/mol. The van der Waals surface area contributed by atoms with E-state index in [0.29, 0.717) is 11.4 Å². The Balaban J connectivity index is 1.88. The molecule has 3 N–H and O–H groups in total. The summed E-state index contributed by atoms with van der Waals surface area (Å²) in [7, 11) is 0. The fourth-order valence-corrected chi connectivity index (χ4v) is 2.30. The van der Waals surface area contributed by atoms with Gasteiger partial charge in [-0.1, -0.05) is 0 Å². The van der Waals surface area contributed by atoms with Crippen LogP contribution in [-0.2, 0) is 9.53 Å². The van der Waals surface area contributed by atoms with Crippen LogP contribution >= 0.6 is 22.6 Å². The van der Waals surface area contributed by atoms with E-state index < -0.39 is 11.9 Å². The Morgan fingerprint density at radius 2 is 2.18 bits per heavy atom. The van der Waals surface area contributed by atoms with Gasteiger partial charge in [0.05, 0.1) is 17.9 Å². The predicted molar refractivity (Wildman–Crippen MR) is 89.1 cm³/mol. The maximum absolute atomic E-state index is 11.9. The van der Waals surface area contributed by atoms with Crippen LogP contribution in [0.2, 0.25) is 0 Å². The number of hydrogen-bond acceptors (Lipinski definition) is 5. The highest BCUT2D eigenvalue weighted by Crippen LogP contribution is 2.17. The summed E-state index contributed by atoms with van der Waals surface area (Å²) in [4.78, 5) is 23.7. The average Bonchev–Trinajstić information content (AvgIpc) is 3.01. The third-order valence-electron chi connectivity index (χ3n) is 2.92. The van der Waals surface area contributed by atoms with Crippen LogP contribution in [0.15, 0.2) is 41.0 Å². The van der Waals surface area contributed by atoms with E-state index in [1.165, 1.54) is 6.26 Å². The fraction of sp³-hybridized carbons (Fsp3) is 0.200. The molecule has 0 aliphatic rings. The van der Waals surface area contributed by atoms with Crippen LogP contribution in [0, 0.1) is 3.57 Å². The largest absolute Gasteiger partial charge is 0.467 e. The van der Waals surface area contributed by atoms with Crippen molar-refractivity contribution >= 4 is 40.2 Å². The third-order valence-corrected chi connectivity index (χ3v) is 3.59. The SMILES string of the molecule is C[C@@H](NC(=O)COC(=O)c1cc(I)ccc1N)c1ccco1. The van der Waals surface area contributed by atoms with E-state index in [1.807, 2.05) is 0 Å².